The monoisotopic (exact) mass is 258 g/mol. The molecule has 1 aromatic carbocycles. The minimum atomic E-state index is -0.971. The number of nitrogens with one attached hydrogen (secondary N) is 1. The maximum atomic E-state index is 11.3. The first-order valence-corrected chi connectivity index (χ1v) is 4.90. The van der Waals surface area contributed by atoms with Crippen molar-refractivity contribution in [3.8, 4) is 0 Å². The molecular formula is C9H4Cl2N2O3. The van der Waals surface area contributed by atoms with Gasteiger partial charge in [0.1, 0.15) is 0 Å². The second-order valence-electron chi connectivity index (χ2n) is 3.03. The molecule has 1 aliphatic heterocycles. The molecule has 0 aliphatic carbocycles. The lowest BCUT2D eigenvalue weighted by Gasteiger charge is -2.11. The molecule has 0 saturated carbocycles. The zero-order chi connectivity index (χ0) is 11.9. The number of rotatable bonds is 1. The number of urea groups is 1. The SMILES string of the molecule is O=C1NC(=O)N(c2cc(Cl)cc(Cl)c2)C1=O. The summed E-state index contributed by atoms with van der Waals surface area (Å²) in [6.07, 6.45) is 0. The molecular weight excluding hydrogens is 255 g/mol. The van der Waals surface area contributed by atoms with Gasteiger partial charge in [-0.05, 0) is 18.2 Å². The van der Waals surface area contributed by atoms with Crippen LogP contribution in [0.15, 0.2) is 18.2 Å². The summed E-state index contributed by atoms with van der Waals surface area (Å²) in [5.41, 5.74) is 0.158. The first-order chi connectivity index (χ1) is 7.49. The Morgan fingerprint density at radius 3 is 2.00 bits per heavy atom. The summed E-state index contributed by atoms with van der Waals surface area (Å²) in [5, 5.41) is 2.40. The molecule has 7 heteroatoms. The number of carbonyl (C=O) groups is 3. The molecule has 0 radical (unpaired) electrons. The van der Waals surface area contributed by atoms with Gasteiger partial charge in [0.05, 0.1) is 5.69 Å². The summed E-state index contributed by atoms with van der Waals surface area (Å²) in [6, 6.07) is 3.37. The molecule has 0 unspecified atom stereocenters. The molecule has 0 aromatic heterocycles. The summed E-state index contributed by atoms with van der Waals surface area (Å²) in [4.78, 5) is 34.3. The van der Waals surface area contributed by atoms with E-state index in [1.165, 1.54) is 18.2 Å². The van der Waals surface area contributed by atoms with E-state index in [4.69, 9.17) is 23.2 Å². The van der Waals surface area contributed by atoms with E-state index >= 15 is 0 Å². The van der Waals surface area contributed by atoms with Crippen molar-refractivity contribution in [2.45, 2.75) is 0 Å². The van der Waals surface area contributed by atoms with E-state index < -0.39 is 17.8 Å². The van der Waals surface area contributed by atoms with Gasteiger partial charge in [0.2, 0.25) is 0 Å². The number of benzene rings is 1. The highest BCUT2D eigenvalue weighted by molar-refractivity contribution is 6.53. The lowest BCUT2D eigenvalue weighted by molar-refractivity contribution is -0.134. The van der Waals surface area contributed by atoms with Crippen LogP contribution >= 0.6 is 23.2 Å². The quantitative estimate of drug-likeness (QED) is 0.615. The Morgan fingerprint density at radius 1 is 1.00 bits per heavy atom. The predicted molar refractivity (Wildman–Crippen MR) is 57.5 cm³/mol. The van der Waals surface area contributed by atoms with Gasteiger partial charge in [-0.3, -0.25) is 14.9 Å². The molecule has 0 spiro atoms. The number of amides is 4. The normalized spacial score (nSPS) is 15.6. The van der Waals surface area contributed by atoms with Gasteiger partial charge in [-0.25, -0.2) is 9.69 Å². The van der Waals surface area contributed by atoms with Crippen molar-refractivity contribution >= 4 is 46.7 Å². The average Bonchev–Trinajstić information content (AvgIpc) is 2.39. The van der Waals surface area contributed by atoms with Crippen molar-refractivity contribution in [3.63, 3.8) is 0 Å². The van der Waals surface area contributed by atoms with E-state index in [0.29, 0.717) is 4.90 Å². The molecule has 1 N–H and O–H groups in total. The summed E-state index contributed by atoms with van der Waals surface area (Å²) in [7, 11) is 0. The first-order valence-electron chi connectivity index (χ1n) is 4.14. The van der Waals surface area contributed by atoms with Crippen LogP contribution in [0, 0.1) is 0 Å². The molecule has 1 saturated heterocycles. The summed E-state index contributed by atoms with van der Waals surface area (Å²) < 4.78 is 0. The van der Waals surface area contributed by atoms with E-state index in [9.17, 15) is 14.4 Å². The Balaban J connectivity index is 2.48. The molecule has 82 valence electrons. The van der Waals surface area contributed by atoms with Gasteiger partial charge in [-0.15, -0.1) is 0 Å². The van der Waals surface area contributed by atoms with Gasteiger partial charge in [0, 0.05) is 10.0 Å². The fourth-order valence-electron chi connectivity index (χ4n) is 1.30. The van der Waals surface area contributed by atoms with Crippen LogP contribution in [0.2, 0.25) is 10.0 Å². The molecule has 4 amide bonds. The average molecular weight is 259 g/mol. The number of nitrogens with zero attached hydrogens (tertiary/aromatic N) is 1. The molecule has 0 atom stereocenters. The Kier molecular flexibility index (Phi) is 2.57. The van der Waals surface area contributed by atoms with E-state index in [1.807, 2.05) is 5.32 Å². The molecule has 16 heavy (non-hydrogen) atoms. The van der Waals surface area contributed by atoms with Gasteiger partial charge in [0.25, 0.3) is 0 Å². The highest BCUT2D eigenvalue weighted by atomic mass is 35.5. The highest BCUT2D eigenvalue weighted by Crippen LogP contribution is 2.26. The van der Waals surface area contributed by atoms with Crippen molar-refractivity contribution in [2.24, 2.45) is 0 Å². The fourth-order valence-corrected chi connectivity index (χ4v) is 1.82. The second-order valence-corrected chi connectivity index (χ2v) is 3.90. The van der Waals surface area contributed by atoms with Crippen LogP contribution in [-0.2, 0) is 9.59 Å². The Bertz CT molecular complexity index is 495. The topological polar surface area (TPSA) is 66.5 Å². The zero-order valence-corrected chi connectivity index (χ0v) is 9.17. The van der Waals surface area contributed by atoms with Crippen molar-refractivity contribution < 1.29 is 14.4 Å². The van der Waals surface area contributed by atoms with Crippen molar-refractivity contribution in [2.75, 3.05) is 4.90 Å². The number of halogens is 2. The number of hydrogen-bond acceptors (Lipinski definition) is 3. The van der Waals surface area contributed by atoms with Crippen molar-refractivity contribution in [3.05, 3.63) is 28.2 Å². The molecule has 2 rings (SSSR count). The van der Waals surface area contributed by atoms with E-state index in [-0.39, 0.29) is 15.7 Å². The lowest BCUT2D eigenvalue weighted by atomic mass is 10.3. The third-order valence-corrected chi connectivity index (χ3v) is 2.36. The lowest BCUT2D eigenvalue weighted by Crippen LogP contribution is -2.30. The zero-order valence-electron chi connectivity index (χ0n) is 7.66. The van der Waals surface area contributed by atoms with Gasteiger partial charge in [-0.2, -0.15) is 0 Å². The van der Waals surface area contributed by atoms with Crippen LogP contribution in [0.25, 0.3) is 0 Å². The maximum absolute atomic E-state index is 11.3. The minimum Gasteiger partial charge on any atom is -0.269 e. The van der Waals surface area contributed by atoms with Crippen LogP contribution in [0.5, 0.6) is 0 Å². The number of imide groups is 2. The second kappa shape index (κ2) is 3.77. The van der Waals surface area contributed by atoms with Crippen molar-refractivity contribution in [1.29, 1.82) is 0 Å². The summed E-state index contributed by atoms with van der Waals surface area (Å²) in [6.45, 7) is 0. The van der Waals surface area contributed by atoms with Gasteiger partial charge < -0.3 is 0 Å². The number of carbonyl (C=O) groups excluding carboxylic acids is 3. The Hall–Kier alpha value is -1.59. The largest absolute Gasteiger partial charge is 0.336 e. The molecule has 1 aliphatic rings. The van der Waals surface area contributed by atoms with Gasteiger partial charge in [-0.1, -0.05) is 23.2 Å². The predicted octanol–water partition coefficient (Wildman–Crippen LogP) is 1.58. The van der Waals surface area contributed by atoms with Crippen LogP contribution in [0.3, 0.4) is 0 Å². The van der Waals surface area contributed by atoms with E-state index in [2.05, 4.69) is 0 Å². The third kappa shape index (κ3) is 1.75. The van der Waals surface area contributed by atoms with Crippen LogP contribution in [-0.4, -0.2) is 17.8 Å². The molecule has 5 nitrogen and oxygen atoms in total. The summed E-state index contributed by atoms with van der Waals surface area (Å²) >= 11 is 11.4. The van der Waals surface area contributed by atoms with Gasteiger partial charge in [0.15, 0.2) is 0 Å². The Labute approximate surface area is 99.9 Å². The van der Waals surface area contributed by atoms with Crippen LogP contribution in [0.1, 0.15) is 0 Å². The van der Waals surface area contributed by atoms with E-state index in [1.54, 1.807) is 0 Å². The molecule has 1 fully saturated rings. The standard InChI is InChI=1S/C9H4Cl2N2O3/c10-4-1-5(11)3-6(2-4)13-8(15)7(14)12-9(13)16/h1-3H,(H,12,14,16). The minimum absolute atomic E-state index is 0.158. The van der Waals surface area contributed by atoms with Crippen LogP contribution < -0.4 is 10.2 Å². The number of anilines is 1. The fraction of sp³-hybridized carbons (Fsp3) is 0. The third-order valence-electron chi connectivity index (χ3n) is 1.93. The molecule has 1 heterocycles. The smallest absolute Gasteiger partial charge is 0.269 e. The van der Waals surface area contributed by atoms with Crippen LogP contribution in [0.4, 0.5) is 10.5 Å². The maximum Gasteiger partial charge on any atom is 0.336 e. The van der Waals surface area contributed by atoms with E-state index in [0.717, 1.165) is 0 Å². The first kappa shape index (κ1) is 10.9. The number of hydrogen-bond donors (Lipinski definition) is 1. The Morgan fingerprint density at radius 2 is 1.56 bits per heavy atom. The molecule has 1 aromatic rings. The van der Waals surface area contributed by atoms with Gasteiger partial charge >= 0.3 is 17.8 Å². The molecule has 0 bridgehead atoms. The summed E-state index contributed by atoms with van der Waals surface area (Å²) in [5.74, 6) is -1.93. The highest BCUT2D eigenvalue weighted by Gasteiger charge is 2.38. The van der Waals surface area contributed by atoms with Crippen molar-refractivity contribution in [1.82, 2.24) is 5.32 Å².